The van der Waals surface area contributed by atoms with E-state index in [9.17, 15) is 4.79 Å². The quantitative estimate of drug-likeness (QED) is 0.669. The highest BCUT2D eigenvalue weighted by Gasteiger charge is 2.23. The van der Waals surface area contributed by atoms with Gasteiger partial charge in [-0.15, -0.1) is 11.3 Å². The molecule has 0 saturated carbocycles. The molecule has 7 heteroatoms. The number of carbonyl (C=O) groups is 1. The van der Waals surface area contributed by atoms with Crippen molar-refractivity contribution in [3.63, 3.8) is 0 Å². The summed E-state index contributed by atoms with van der Waals surface area (Å²) in [5.74, 6) is 0.657. The number of hydrogen-bond acceptors (Lipinski definition) is 5. The minimum atomic E-state index is -0.107. The molecule has 1 saturated heterocycles. The van der Waals surface area contributed by atoms with Gasteiger partial charge in [0.2, 0.25) is 0 Å². The molecule has 0 spiro atoms. The van der Waals surface area contributed by atoms with E-state index in [4.69, 9.17) is 4.74 Å². The molecule has 1 aromatic carbocycles. The number of rotatable bonds is 6. The summed E-state index contributed by atoms with van der Waals surface area (Å²) >= 11 is 1.78. The Morgan fingerprint density at radius 3 is 3.11 bits per heavy atom. The van der Waals surface area contributed by atoms with Crippen LogP contribution < -0.4 is 10.1 Å². The van der Waals surface area contributed by atoms with Crippen molar-refractivity contribution in [3.05, 3.63) is 58.4 Å². The van der Waals surface area contributed by atoms with Crippen LogP contribution in [0.25, 0.3) is 11.3 Å². The first kappa shape index (κ1) is 18.7. The third-order valence-electron chi connectivity index (χ3n) is 4.99. The number of aromatic nitrogens is 2. The van der Waals surface area contributed by atoms with Gasteiger partial charge in [0.15, 0.2) is 0 Å². The lowest BCUT2D eigenvalue weighted by Gasteiger charge is -2.32. The lowest BCUT2D eigenvalue weighted by molar-refractivity contribution is 0.0896. The van der Waals surface area contributed by atoms with Crippen LogP contribution in [0.2, 0.25) is 0 Å². The van der Waals surface area contributed by atoms with E-state index >= 15 is 0 Å². The highest BCUT2D eigenvalue weighted by molar-refractivity contribution is 7.09. The van der Waals surface area contributed by atoms with Gasteiger partial charge in [0.1, 0.15) is 11.4 Å². The molecule has 6 nitrogen and oxygen atoms in total. The Balaban J connectivity index is 1.37. The van der Waals surface area contributed by atoms with Crippen molar-refractivity contribution in [2.75, 3.05) is 20.2 Å². The summed E-state index contributed by atoms with van der Waals surface area (Å²) in [7, 11) is 1.63. The zero-order valence-corrected chi connectivity index (χ0v) is 16.7. The molecule has 1 aliphatic heterocycles. The molecule has 0 radical (unpaired) electrons. The van der Waals surface area contributed by atoms with Crippen molar-refractivity contribution in [3.8, 4) is 17.0 Å². The smallest absolute Gasteiger partial charge is 0.269 e. The van der Waals surface area contributed by atoms with Crippen LogP contribution in [0.4, 0.5) is 0 Å². The van der Waals surface area contributed by atoms with Crippen LogP contribution in [-0.2, 0) is 6.54 Å². The van der Waals surface area contributed by atoms with Crippen molar-refractivity contribution < 1.29 is 9.53 Å². The van der Waals surface area contributed by atoms with Gasteiger partial charge in [-0.3, -0.25) is 14.8 Å². The fraction of sp³-hybridized carbons (Fsp3) is 0.333. The maximum Gasteiger partial charge on any atom is 0.269 e. The summed E-state index contributed by atoms with van der Waals surface area (Å²) in [6.07, 6.45) is 2.10. The number of methoxy groups -OCH3 is 1. The van der Waals surface area contributed by atoms with Crippen molar-refractivity contribution in [1.82, 2.24) is 20.4 Å². The summed E-state index contributed by atoms with van der Waals surface area (Å²) in [6, 6.07) is 13.8. The highest BCUT2D eigenvalue weighted by Crippen LogP contribution is 2.23. The fourth-order valence-electron chi connectivity index (χ4n) is 3.57. The van der Waals surface area contributed by atoms with Gasteiger partial charge in [0.05, 0.1) is 12.8 Å². The Kier molecular flexibility index (Phi) is 5.73. The molecule has 4 rings (SSSR count). The van der Waals surface area contributed by atoms with E-state index in [1.165, 1.54) is 4.88 Å². The molecule has 3 aromatic rings. The maximum absolute atomic E-state index is 12.7. The number of thiophene rings is 1. The normalized spacial score (nSPS) is 17.4. The Morgan fingerprint density at radius 1 is 1.36 bits per heavy atom. The van der Waals surface area contributed by atoms with Crippen molar-refractivity contribution in [1.29, 1.82) is 0 Å². The van der Waals surface area contributed by atoms with Gasteiger partial charge in [-0.25, -0.2) is 0 Å². The number of aromatic amines is 1. The molecule has 0 bridgehead atoms. The first-order valence-electron chi connectivity index (χ1n) is 9.47. The van der Waals surface area contributed by atoms with Gasteiger partial charge < -0.3 is 10.1 Å². The van der Waals surface area contributed by atoms with Gasteiger partial charge in [-0.05, 0) is 49.0 Å². The zero-order valence-electron chi connectivity index (χ0n) is 15.9. The summed E-state index contributed by atoms with van der Waals surface area (Å²) < 4.78 is 5.26. The van der Waals surface area contributed by atoms with Gasteiger partial charge in [0, 0.05) is 29.6 Å². The lowest BCUT2D eigenvalue weighted by atomic mass is 10.1. The minimum Gasteiger partial charge on any atom is -0.497 e. The summed E-state index contributed by atoms with van der Waals surface area (Å²) in [4.78, 5) is 16.5. The summed E-state index contributed by atoms with van der Waals surface area (Å²) in [6.45, 7) is 2.91. The molecule has 1 fully saturated rings. The second-order valence-corrected chi connectivity index (χ2v) is 8.06. The van der Waals surface area contributed by atoms with Crippen molar-refractivity contribution in [2.24, 2.45) is 0 Å². The van der Waals surface area contributed by atoms with Crippen molar-refractivity contribution in [2.45, 2.75) is 25.4 Å². The van der Waals surface area contributed by atoms with E-state index < -0.39 is 0 Å². The number of piperidine rings is 1. The van der Waals surface area contributed by atoms with Crippen LogP contribution in [0.3, 0.4) is 0 Å². The van der Waals surface area contributed by atoms with Gasteiger partial charge in [-0.2, -0.15) is 5.10 Å². The maximum atomic E-state index is 12.7. The predicted molar refractivity (Wildman–Crippen MR) is 111 cm³/mol. The number of nitrogens with one attached hydrogen (secondary N) is 2. The van der Waals surface area contributed by atoms with Crippen LogP contribution in [0.1, 0.15) is 28.2 Å². The van der Waals surface area contributed by atoms with E-state index in [-0.39, 0.29) is 11.9 Å². The average Bonchev–Trinajstić information content (AvgIpc) is 3.40. The third-order valence-corrected chi connectivity index (χ3v) is 5.85. The Morgan fingerprint density at radius 2 is 2.29 bits per heavy atom. The SMILES string of the molecule is COc1cccc(-c2cc(C(=O)N[C@@H]3CCCN(Cc4cccs4)C3)[nH]n2)c1. The number of H-pyrrole nitrogens is 1. The van der Waals surface area contributed by atoms with Crippen LogP contribution in [-0.4, -0.2) is 47.2 Å². The molecule has 0 aliphatic carbocycles. The van der Waals surface area contributed by atoms with Crippen molar-refractivity contribution >= 4 is 17.2 Å². The van der Waals surface area contributed by atoms with Gasteiger partial charge in [-0.1, -0.05) is 18.2 Å². The van der Waals surface area contributed by atoms with Gasteiger partial charge in [0.25, 0.3) is 5.91 Å². The molecular formula is C21H24N4O2S. The lowest BCUT2D eigenvalue weighted by Crippen LogP contribution is -2.47. The first-order chi connectivity index (χ1) is 13.7. The Bertz CT molecular complexity index is 922. The van der Waals surface area contributed by atoms with E-state index in [2.05, 4.69) is 37.9 Å². The molecule has 1 amide bonds. The largest absolute Gasteiger partial charge is 0.497 e. The van der Waals surface area contributed by atoms with E-state index in [0.717, 1.165) is 49.5 Å². The fourth-order valence-corrected chi connectivity index (χ4v) is 4.32. The van der Waals surface area contributed by atoms with E-state index in [0.29, 0.717) is 5.69 Å². The standard InChI is InChI=1S/C21H24N4O2S/c1-27-17-7-2-5-15(11-17)19-12-20(24-23-19)21(26)22-16-6-3-9-25(13-16)14-18-8-4-10-28-18/h2,4-5,7-8,10-12,16H,3,6,9,13-14H2,1H3,(H,22,26)(H,23,24)/t16-/m1/s1. The van der Waals surface area contributed by atoms with E-state index in [1.807, 2.05) is 24.3 Å². The van der Waals surface area contributed by atoms with E-state index in [1.54, 1.807) is 24.5 Å². The molecule has 3 heterocycles. The second-order valence-electron chi connectivity index (χ2n) is 7.03. The molecule has 146 valence electrons. The molecule has 0 unspecified atom stereocenters. The number of benzene rings is 1. The molecule has 2 N–H and O–H groups in total. The Labute approximate surface area is 168 Å². The van der Waals surface area contributed by atoms with Crippen LogP contribution in [0.5, 0.6) is 5.75 Å². The first-order valence-corrected chi connectivity index (χ1v) is 10.3. The number of likely N-dealkylation sites (tertiary alicyclic amines) is 1. The molecular weight excluding hydrogens is 372 g/mol. The van der Waals surface area contributed by atoms with Gasteiger partial charge >= 0.3 is 0 Å². The predicted octanol–water partition coefficient (Wildman–Crippen LogP) is 3.54. The molecule has 2 aromatic heterocycles. The number of amides is 1. The Hall–Kier alpha value is -2.64. The topological polar surface area (TPSA) is 70.2 Å². The van der Waals surface area contributed by atoms with Crippen LogP contribution in [0.15, 0.2) is 47.8 Å². The second kappa shape index (κ2) is 8.58. The number of nitrogens with zero attached hydrogens (tertiary/aromatic N) is 2. The zero-order chi connectivity index (χ0) is 19.3. The molecule has 1 aliphatic rings. The summed E-state index contributed by atoms with van der Waals surface area (Å²) in [5, 5.41) is 12.4. The minimum absolute atomic E-state index is 0.107. The highest BCUT2D eigenvalue weighted by atomic mass is 32.1. The third kappa shape index (κ3) is 4.43. The summed E-state index contributed by atoms with van der Waals surface area (Å²) in [5.41, 5.74) is 2.12. The van der Waals surface area contributed by atoms with Crippen LogP contribution >= 0.6 is 11.3 Å². The number of hydrogen-bond donors (Lipinski definition) is 2. The number of ether oxygens (including phenoxy) is 1. The molecule has 1 atom stereocenters. The average molecular weight is 397 g/mol. The number of carbonyl (C=O) groups excluding carboxylic acids is 1. The molecule has 28 heavy (non-hydrogen) atoms. The van der Waals surface area contributed by atoms with Crippen LogP contribution in [0, 0.1) is 0 Å². The monoisotopic (exact) mass is 396 g/mol.